The first-order valence-electron chi connectivity index (χ1n) is 9.19. The minimum absolute atomic E-state index is 0.0448. The Morgan fingerprint density at radius 1 is 1.17 bits per heavy atom. The lowest BCUT2D eigenvalue weighted by Gasteiger charge is -2.25. The van der Waals surface area contributed by atoms with E-state index in [0.717, 1.165) is 0 Å². The van der Waals surface area contributed by atoms with Gasteiger partial charge >= 0.3 is 0 Å². The molecule has 5 nitrogen and oxygen atoms in total. The Labute approximate surface area is 178 Å². The fourth-order valence-electron chi connectivity index (χ4n) is 2.72. The zero-order valence-corrected chi connectivity index (χ0v) is 17.7. The number of aromatic nitrogens is 2. The number of hydrogen-bond acceptors (Lipinski definition) is 5. The first-order chi connectivity index (χ1) is 14.0. The molecule has 0 spiro atoms. The molecule has 152 valence electrons. The first-order valence-corrected chi connectivity index (χ1v) is 10.6. The molecule has 0 saturated carbocycles. The number of halogens is 2. The summed E-state index contributed by atoms with van der Waals surface area (Å²) in [5.74, 6) is 0.808. The molecule has 0 bridgehead atoms. The zero-order chi connectivity index (χ0) is 20.8. The molecule has 0 aliphatic rings. The maximum atomic E-state index is 13.7. The first kappa shape index (κ1) is 21.3. The van der Waals surface area contributed by atoms with Crippen LogP contribution in [0.5, 0.6) is 0 Å². The van der Waals surface area contributed by atoms with Gasteiger partial charge in [-0.1, -0.05) is 35.9 Å². The third kappa shape index (κ3) is 5.58. The van der Waals surface area contributed by atoms with E-state index in [1.165, 1.54) is 17.8 Å². The van der Waals surface area contributed by atoms with Crippen LogP contribution < -0.4 is 0 Å². The van der Waals surface area contributed by atoms with Crippen LogP contribution in [-0.4, -0.2) is 32.8 Å². The number of benzene rings is 2. The molecular formula is C21H21ClFN3O2S. The van der Waals surface area contributed by atoms with Gasteiger partial charge in [0.25, 0.3) is 0 Å². The molecule has 0 radical (unpaired) electrons. The zero-order valence-electron chi connectivity index (χ0n) is 16.1. The highest BCUT2D eigenvalue weighted by molar-refractivity contribution is 7.99. The molecule has 0 atom stereocenters. The minimum atomic E-state index is -0.274. The molecule has 29 heavy (non-hydrogen) atoms. The summed E-state index contributed by atoms with van der Waals surface area (Å²) in [6, 6.07) is 13.7. The number of carbonyl (C=O) groups is 1. The van der Waals surface area contributed by atoms with Crippen LogP contribution >= 0.6 is 23.4 Å². The second-order valence-electron chi connectivity index (χ2n) is 6.63. The van der Waals surface area contributed by atoms with Gasteiger partial charge in [-0.2, -0.15) is 0 Å². The highest BCUT2D eigenvalue weighted by Crippen LogP contribution is 2.27. The third-order valence-electron chi connectivity index (χ3n) is 4.23. The summed E-state index contributed by atoms with van der Waals surface area (Å²) >= 11 is 7.50. The molecule has 0 N–H and O–H groups in total. The van der Waals surface area contributed by atoms with Gasteiger partial charge in [-0.25, -0.2) is 4.39 Å². The van der Waals surface area contributed by atoms with Crippen LogP contribution in [0.2, 0.25) is 5.02 Å². The summed E-state index contributed by atoms with van der Waals surface area (Å²) in [5, 5.41) is 8.62. The Morgan fingerprint density at radius 2 is 1.90 bits per heavy atom. The van der Waals surface area contributed by atoms with Gasteiger partial charge < -0.3 is 9.32 Å². The summed E-state index contributed by atoms with van der Waals surface area (Å²) in [4.78, 5) is 14.9. The fraction of sp³-hybridized carbons (Fsp3) is 0.286. The van der Waals surface area contributed by atoms with E-state index >= 15 is 0 Å². The maximum Gasteiger partial charge on any atom is 0.249 e. The molecule has 3 rings (SSSR count). The summed E-state index contributed by atoms with van der Waals surface area (Å²) in [6.07, 6.45) is 0.280. The van der Waals surface area contributed by atoms with Crippen molar-refractivity contribution in [1.82, 2.24) is 15.1 Å². The normalized spacial score (nSPS) is 11.1. The molecule has 0 aliphatic carbocycles. The van der Waals surface area contributed by atoms with Crippen LogP contribution in [-0.2, 0) is 11.3 Å². The summed E-state index contributed by atoms with van der Waals surface area (Å²) < 4.78 is 19.4. The maximum absolute atomic E-state index is 13.7. The molecule has 1 aromatic heterocycles. The van der Waals surface area contributed by atoms with Gasteiger partial charge in [-0.3, -0.25) is 4.79 Å². The monoisotopic (exact) mass is 433 g/mol. The van der Waals surface area contributed by atoms with Gasteiger partial charge in [0.15, 0.2) is 0 Å². The number of hydrogen-bond donors (Lipinski definition) is 0. The Kier molecular flexibility index (Phi) is 7.28. The predicted molar refractivity (Wildman–Crippen MR) is 112 cm³/mol. The molecule has 0 aliphatic heterocycles. The molecule has 1 amide bonds. The third-order valence-corrected chi connectivity index (χ3v) is 5.61. The van der Waals surface area contributed by atoms with Crippen LogP contribution in [0.1, 0.15) is 26.2 Å². The SMILES string of the molecule is CC(C)N(Cc1nnc(-c2ccccc2Cl)o1)C(=O)CCSc1ccccc1F. The lowest BCUT2D eigenvalue weighted by molar-refractivity contribution is -0.133. The Morgan fingerprint density at radius 3 is 2.62 bits per heavy atom. The van der Waals surface area contributed by atoms with Crippen LogP contribution in [0.3, 0.4) is 0 Å². The summed E-state index contributed by atoms with van der Waals surface area (Å²) in [6.45, 7) is 4.05. The van der Waals surface area contributed by atoms with Crippen LogP contribution in [0.4, 0.5) is 4.39 Å². The van der Waals surface area contributed by atoms with E-state index in [-0.39, 0.29) is 30.7 Å². The average molecular weight is 434 g/mol. The van der Waals surface area contributed by atoms with E-state index in [0.29, 0.717) is 33.0 Å². The molecule has 2 aromatic carbocycles. The van der Waals surface area contributed by atoms with E-state index in [2.05, 4.69) is 10.2 Å². The minimum Gasteiger partial charge on any atom is -0.419 e. The molecule has 0 unspecified atom stereocenters. The van der Waals surface area contributed by atoms with Gasteiger partial charge in [0.2, 0.25) is 17.7 Å². The van der Waals surface area contributed by atoms with E-state index in [4.69, 9.17) is 16.0 Å². The Balaban J connectivity index is 1.62. The van der Waals surface area contributed by atoms with E-state index in [1.54, 1.807) is 35.2 Å². The molecule has 8 heteroatoms. The van der Waals surface area contributed by atoms with Crippen molar-refractivity contribution in [3.63, 3.8) is 0 Å². The largest absolute Gasteiger partial charge is 0.419 e. The van der Waals surface area contributed by atoms with Gasteiger partial charge in [0.05, 0.1) is 17.1 Å². The van der Waals surface area contributed by atoms with Crippen molar-refractivity contribution in [2.75, 3.05) is 5.75 Å². The number of nitrogens with zero attached hydrogens (tertiary/aromatic N) is 3. The molecule has 0 saturated heterocycles. The average Bonchev–Trinajstić information content (AvgIpc) is 3.16. The van der Waals surface area contributed by atoms with Gasteiger partial charge in [0, 0.05) is 23.1 Å². The van der Waals surface area contributed by atoms with Crippen molar-refractivity contribution in [1.29, 1.82) is 0 Å². The van der Waals surface area contributed by atoms with Crippen LogP contribution in [0.15, 0.2) is 57.8 Å². The van der Waals surface area contributed by atoms with Gasteiger partial charge in [-0.15, -0.1) is 22.0 Å². The standard InChI is InChI=1S/C21H21ClFN3O2S/c1-14(2)26(20(27)11-12-29-18-10-6-5-9-17(18)23)13-19-24-25-21(28-19)15-7-3-4-8-16(15)22/h3-10,14H,11-13H2,1-2H3. The second kappa shape index (κ2) is 9.89. The molecule has 1 heterocycles. The molecular weight excluding hydrogens is 413 g/mol. The van der Waals surface area contributed by atoms with Crippen molar-refractivity contribution in [2.45, 2.75) is 37.8 Å². The highest BCUT2D eigenvalue weighted by Gasteiger charge is 2.21. The van der Waals surface area contributed by atoms with Crippen molar-refractivity contribution < 1.29 is 13.6 Å². The van der Waals surface area contributed by atoms with Crippen molar-refractivity contribution >= 4 is 29.3 Å². The van der Waals surface area contributed by atoms with Crippen molar-refractivity contribution in [3.05, 3.63) is 65.3 Å². The quantitative estimate of drug-likeness (QED) is 0.442. The molecule has 0 fully saturated rings. The topological polar surface area (TPSA) is 59.2 Å². The van der Waals surface area contributed by atoms with Crippen LogP contribution in [0.25, 0.3) is 11.5 Å². The van der Waals surface area contributed by atoms with E-state index in [1.807, 2.05) is 26.0 Å². The lowest BCUT2D eigenvalue weighted by atomic mass is 10.2. The summed E-state index contributed by atoms with van der Waals surface area (Å²) in [7, 11) is 0. The van der Waals surface area contributed by atoms with Gasteiger partial charge in [-0.05, 0) is 38.1 Å². The number of amides is 1. The van der Waals surface area contributed by atoms with Gasteiger partial charge in [0.1, 0.15) is 5.82 Å². The second-order valence-corrected chi connectivity index (χ2v) is 8.17. The number of carbonyl (C=O) groups excluding carboxylic acids is 1. The smallest absolute Gasteiger partial charge is 0.249 e. The molecule has 3 aromatic rings. The Hall–Kier alpha value is -2.38. The number of rotatable bonds is 8. The van der Waals surface area contributed by atoms with Crippen LogP contribution in [0, 0.1) is 5.82 Å². The fourth-order valence-corrected chi connectivity index (χ4v) is 3.81. The highest BCUT2D eigenvalue weighted by atomic mass is 35.5. The van der Waals surface area contributed by atoms with E-state index < -0.39 is 0 Å². The van der Waals surface area contributed by atoms with E-state index in [9.17, 15) is 9.18 Å². The summed E-state index contributed by atoms with van der Waals surface area (Å²) in [5.41, 5.74) is 0.650. The van der Waals surface area contributed by atoms with Crippen molar-refractivity contribution in [2.24, 2.45) is 0 Å². The van der Waals surface area contributed by atoms with Crippen molar-refractivity contribution in [3.8, 4) is 11.5 Å². The lowest BCUT2D eigenvalue weighted by Crippen LogP contribution is -2.36. The Bertz CT molecular complexity index is 980. The predicted octanol–water partition coefficient (Wildman–Crippen LogP) is 5.45. The number of thioether (sulfide) groups is 1.